The van der Waals surface area contributed by atoms with Gasteiger partial charge in [-0.25, -0.2) is 4.79 Å². The number of benzene rings is 2. The molecule has 0 aliphatic heterocycles. The second-order valence-corrected chi connectivity index (χ2v) is 8.54. The van der Waals surface area contributed by atoms with Crippen LogP contribution in [0.4, 0.5) is 5.69 Å². The molecule has 0 radical (unpaired) electrons. The van der Waals surface area contributed by atoms with Gasteiger partial charge in [0.25, 0.3) is 0 Å². The van der Waals surface area contributed by atoms with E-state index in [0.717, 1.165) is 15.8 Å². The van der Waals surface area contributed by atoms with Crippen LogP contribution in [0.5, 0.6) is 0 Å². The number of amides is 1. The van der Waals surface area contributed by atoms with Gasteiger partial charge in [-0.3, -0.25) is 9.36 Å². The molecule has 1 N–H and O–H groups in total. The van der Waals surface area contributed by atoms with Crippen LogP contribution in [0, 0.1) is 6.92 Å². The lowest BCUT2D eigenvalue weighted by atomic mass is 10.2. The third kappa shape index (κ3) is 4.37. The van der Waals surface area contributed by atoms with E-state index in [-0.39, 0.29) is 17.6 Å². The molecule has 0 saturated carbocycles. The fourth-order valence-corrected chi connectivity index (χ4v) is 4.54. The standard InChI is InChI=1S/C21H18N4O3S2/c1-13-3-6-16(7-4-13)25-12-22-24-21(25)29-11-19(26)23-15-5-8-17-14(9-15)10-18(30-17)20(27)28-2/h3-10,12H,11H2,1-2H3,(H,23,26). The van der Waals surface area contributed by atoms with E-state index in [0.29, 0.717) is 15.7 Å². The van der Waals surface area contributed by atoms with E-state index in [1.54, 1.807) is 12.4 Å². The number of ether oxygens (including phenoxy) is 1. The minimum Gasteiger partial charge on any atom is -0.465 e. The molecule has 4 aromatic rings. The van der Waals surface area contributed by atoms with Crippen LogP contribution in [-0.4, -0.2) is 39.5 Å². The first-order valence-electron chi connectivity index (χ1n) is 9.05. The van der Waals surface area contributed by atoms with Crippen LogP contribution in [0.3, 0.4) is 0 Å². The highest BCUT2D eigenvalue weighted by Crippen LogP contribution is 2.29. The second kappa shape index (κ2) is 8.68. The van der Waals surface area contributed by atoms with E-state index in [2.05, 4.69) is 15.5 Å². The van der Waals surface area contributed by atoms with Crippen molar-refractivity contribution in [2.75, 3.05) is 18.2 Å². The van der Waals surface area contributed by atoms with Gasteiger partial charge < -0.3 is 10.1 Å². The number of carbonyl (C=O) groups is 2. The van der Waals surface area contributed by atoms with Crippen LogP contribution in [0.1, 0.15) is 15.2 Å². The summed E-state index contributed by atoms with van der Waals surface area (Å²) in [6, 6.07) is 15.3. The third-order valence-corrected chi connectivity index (χ3v) is 6.39. The van der Waals surface area contributed by atoms with Crippen LogP contribution in [-0.2, 0) is 9.53 Å². The number of anilines is 1. The number of fused-ring (bicyclic) bond motifs is 1. The van der Waals surface area contributed by atoms with E-state index in [1.165, 1.54) is 35.8 Å². The Morgan fingerprint density at radius 1 is 1.17 bits per heavy atom. The molecule has 2 heterocycles. The van der Waals surface area contributed by atoms with Gasteiger partial charge in [-0.1, -0.05) is 29.5 Å². The molecule has 2 aromatic heterocycles. The summed E-state index contributed by atoms with van der Waals surface area (Å²) < 4.78 is 7.56. The molecule has 7 nitrogen and oxygen atoms in total. The second-order valence-electron chi connectivity index (χ2n) is 6.51. The van der Waals surface area contributed by atoms with Crippen LogP contribution in [0.2, 0.25) is 0 Å². The van der Waals surface area contributed by atoms with Gasteiger partial charge in [-0.15, -0.1) is 21.5 Å². The lowest BCUT2D eigenvalue weighted by Gasteiger charge is -2.07. The highest BCUT2D eigenvalue weighted by atomic mass is 32.2. The van der Waals surface area contributed by atoms with E-state index < -0.39 is 0 Å². The summed E-state index contributed by atoms with van der Waals surface area (Å²) >= 11 is 2.67. The summed E-state index contributed by atoms with van der Waals surface area (Å²) in [5.41, 5.74) is 2.78. The van der Waals surface area contributed by atoms with Crippen LogP contribution in [0.25, 0.3) is 15.8 Å². The molecule has 0 unspecified atom stereocenters. The van der Waals surface area contributed by atoms with Gasteiger partial charge in [-0.2, -0.15) is 0 Å². The topological polar surface area (TPSA) is 86.1 Å². The minimum atomic E-state index is -0.365. The zero-order valence-electron chi connectivity index (χ0n) is 16.3. The van der Waals surface area contributed by atoms with Crippen LogP contribution >= 0.6 is 23.1 Å². The fourth-order valence-electron chi connectivity index (χ4n) is 2.85. The SMILES string of the molecule is COC(=O)c1cc2cc(NC(=O)CSc3nncn3-c3ccc(C)cc3)ccc2s1. The largest absolute Gasteiger partial charge is 0.465 e. The van der Waals surface area contributed by atoms with Crippen molar-refractivity contribution in [2.45, 2.75) is 12.1 Å². The number of aromatic nitrogens is 3. The van der Waals surface area contributed by atoms with Gasteiger partial charge in [0.1, 0.15) is 11.2 Å². The minimum absolute atomic E-state index is 0.152. The van der Waals surface area contributed by atoms with Gasteiger partial charge in [0.05, 0.1) is 12.9 Å². The number of thioether (sulfide) groups is 1. The van der Waals surface area contributed by atoms with E-state index in [9.17, 15) is 9.59 Å². The van der Waals surface area contributed by atoms with Gasteiger partial charge in [0, 0.05) is 16.1 Å². The predicted octanol–water partition coefficient (Wildman–Crippen LogP) is 4.31. The molecule has 2 aromatic carbocycles. The van der Waals surface area contributed by atoms with Crippen molar-refractivity contribution in [3.05, 3.63) is 65.3 Å². The Hall–Kier alpha value is -3.17. The Kier molecular flexibility index (Phi) is 5.82. The van der Waals surface area contributed by atoms with E-state index in [4.69, 9.17) is 4.74 Å². The van der Waals surface area contributed by atoms with Crippen molar-refractivity contribution < 1.29 is 14.3 Å². The molecule has 9 heteroatoms. The number of hydrogen-bond acceptors (Lipinski definition) is 7. The maximum atomic E-state index is 12.4. The van der Waals surface area contributed by atoms with Gasteiger partial charge in [0.2, 0.25) is 5.91 Å². The molecular formula is C21H18N4O3S2. The zero-order valence-corrected chi connectivity index (χ0v) is 17.9. The highest BCUT2D eigenvalue weighted by molar-refractivity contribution is 7.99. The number of thiophene rings is 1. The lowest BCUT2D eigenvalue weighted by Crippen LogP contribution is -2.14. The first-order valence-corrected chi connectivity index (χ1v) is 10.9. The molecule has 152 valence electrons. The molecule has 0 aliphatic carbocycles. The quantitative estimate of drug-likeness (QED) is 0.357. The smallest absolute Gasteiger partial charge is 0.348 e. The Morgan fingerprint density at radius 3 is 2.73 bits per heavy atom. The summed E-state index contributed by atoms with van der Waals surface area (Å²) in [5, 5.41) is 12.5. The maximum Gasteiger partial charge on any atom is 0.348 e. The number of hydrogen-bond donors (Lipinski definition) is 1. The van der Waals surface area contributed by atoms with Gasteiger partial charge in [-0.05, 0) is 48.7 Å². The molecule has 0 saturated heterocycles. The molecule has 0 atom stereocenters. The maximum absolute atomic E-state index is 12.4. The normalized spacial score (nSPS) is 10.9. The summed E-state index contributed by atoms with van der Waals surface area (Å²) in [7, 11) is 1.36. The van der Waals surface area contributed by atoms with Crippen molar-refractivity contribution in [3.8, 4) is 5.69 Å². The van der Waals surface area contributed by atoms with Crippen molar-refractivity contribution in [1.82, 2.24) is 14.8 Å². The number of esters is 1. The number of carbonyl (C=O) groups excluding carboxylic acids is 2. The molecule has 1 amide bonds. The molecular weight excluding hydrogens is 420 g/mol. The number of nitrogens with zero attached hydrogens (tertiary/aromatic N) is 3. The number of nitrogens with one attached hydrogen (secondary N) is 1. The molecule has 0 fully saturated rings. The number of rotatable bonds is 6. The van der Waals surface area contributed by atoms with Gasteiger partial charge in [0.15, 0.2) is 5.16 Å². The summed E-state index contributed by atoms with van der Waals surface area (Å²) in [6.45, 7) is 2.03. The molecule has 0 bridgehead atoms. The number of aryl methyl sites for hydroxylation is 1. The Bertz CT molecular complexity index is 1210. The van der Waals surface area contributed by atoms with Gasteiger partial charge >= 0.3 is 5.97 Å². The highest BCUT2D eigenvalue weighted by Gasteiger charge is 2.13. The lowest BCUT2D eigenvalue weighted by molar-refractivity contribution is -0.113. The summed E-state index contributed by atoms with van der Waals surface area (Å²) in [6.07, 6.45) is 1.63. The summed E-state index contributed by atoms with van der Waals surface area (Å²) in [4.78, 5) is 24.7. The van der Waals surface area contributed by atoms with E-state index >= 15 is 0 Å². The fraction of sp³-hybridized carbons (Fsp3) is 0.143. The zero-order chi connectivity index (χ0) is 21.1. The number of methoxy groups -OCH3 is 1. The molecule has 0 aliphatic rings. The van der Waals surface area contributed by atoms with Crippen molar-refractivity contribution in [1.29, 1.82) is 0 Å². The molecule has 30 heavy (non-hydrogen) atoms. The monoisotopic (exact) mass is 438 g/mol. The van der Waals surface area contributed by atoms with Crippen LogP contribution < -0.4 is 5.32 Å². The van der Waals surface area contributed by atoms with Crippen molar-refractivity contribution >= 4 is 50.7 Å². The Balaban J connectivity index is 1.41. The first kappa shape index (κ1) is 20.1. The average molecular weight is 439 g/mol. The van der Waals surface area contributed by atoms with Crippen molar-refractivity contribution in [3.63, 3.8) is 0 Å². The Labute approximate surface area is 181 Å². The summed E-state index contributed by atoms with van der Waals surface area (Å²) in [5.74, 6) is -0.322. The predicted molar refractivity (Wildman–Crippen MR) is 119 cm³/mol. The van der Waals surface area contributed by atoms with Crippen molar-refractivity contribution in [2.24, 2.45) is 0 Å². The Morgan fingerprint density at radius 2 is 1.97 bits per heavy atom. The first-order chi connectivity index (χ1) is 14.5. The average Bonchev–Trinajstić information content (AvgIpc) is 3.39. The van der Waals surface area contributed by atoms with Crippen LogP contribution in [0.15, 0.2) is 60.0 Å². The third-order valence-electron chi connectivity index (χ3n) is 4.35. The molecule has 4 rings (SSSR count). The molecule has 0 spiro atoms. The van der Waals surface area contributed by atoms with E-state index in [1.807, 2.05) is 54.0 Å².